The van der Waals surface area contributed by atoms with Crippen molar-refractivity contribution in [2.24, 2.45) is 0 Å². The van der Waals surface area contributed by atoms with Gasteiger partial charge in [-0.25, -0.2) is 0 Å². The van der Waals surface area contributed by atoms with Crippen LogP contribution >= 0.6 is 0 Å². The SMILES string of the molecule is CCN(CC)CC(=O)Nc1c(C)cccc1C.Oc1ccccc1. The minimum Gasteiger partial charge on any atom is -0.508 e. The number of aryl methyl sites for hydroxylation is 2. The van der Waals surface area contributed by atoms with Gasteiger partial charge in [0.15, 0.2) is 0 Å². The van der Waals surface area contributed by atoms with E-state index >= 15 is 0 Å². The molecule has 0 fully saturated rings. The van der Waals surface area contributed by atoms with Gasteiger partial charge < -0.3 is 10.4 Å². The van der Waals surface area contributed by atoms with Crippen LogP contribution in [0.25, 0.3) is 0 Å². The van der Waals surface area contributed by atoms with E-state index in [-0.39, 0.29) is 5.91 Å². The fourth-order valence-corrected chi connectivity index (χ4v) is 2.27. The first kappa shape index (κ1) is 19.7. The van der Waals surface area contributed by atoms with E-state index in [0.29, 0.717) is 12.3 Å². The van der Waals surface area contributed by atoms with Crippen molar-refractivity contribution in [2.45, 2.75) is 27.7 Å². The molecule has 4 heteroatoms. The third kappa shape index (κ3) is 6.84. The molecule has 0 saturated heterocycles. The van der Waals surface area contributed by atoms with Crippen LogP contribution in [0.1, 0.15) is 25.0 Å². The molecule has 130 valence electrons. The second-order valence-corrected chi connectivity index (χ2v) is 5.61. The molecule has 0 aromatic heterocycles. The van der Waals surface area contributed by atoms with Gasteiger partial charge in [-0.15, -0.1) is 0 Å². The van der Waals surface area contributed by atoms with E-state index in [1.807, 2.05) is 38.1 Å². The lowest BCUT2D eigenvalue weighted by Gasteiger charge is -2.18. The van der Waals surface area contributed by atoms with Gasteiger partial charge in [-0.3, -0.25) is 9.69 Å². The van der Waals surface area contributed by atoms with Gasteiger partial charge in [-0.1, -0.05) is 50.2 Å². The monoisotopic (exact) mass is 328 g/mol. The van der Waals surface area contributed by atoms with Crippen molar-refractivity contribution < 1.29 is 9.90 Å². The number of aromatic hydroxyl groups is 1. The summed E-state index contributed by atoms with van der Waals surface area (Å²) in [6, 6.07) is 14.7. The van der Waals surface area contributed by atoms with Crippen LogP contribution in [0.15, 0.2) is 48.5 Å². The predicted octanol–water partition coefficient (Wildman–Crippen LogP) is 3.98. The first-order chi connectivity index (χ1) is 11.5. The lowest BCUT2D eigenvalue weighted by Crippen LogP contribution is -2.33. The number of nitrogens with zero attached hydrogens (tertiary/aromatic N) is 1. The van der Waals surface area contributed by atoms with Crippen LogP contribution < -0.4 is 5.32 Å². The fourth-order valence-electron chi connectivity index (χ4n) is 2.27. The summed E-state index contributed by atoms with van der Waals surface area (Å²) in [5.41, 5.74) is 3.17. The standard InChI is InChI=1S/C14H22N2O.C6H6O/c1-5-16(6-2)10-13(17)15-14-11(3)8-7-9-12(14)4;7-6-4-2-1-3-5-6/h7-9H,5-6,10H2,1-4H3,(H,15,17);1-5,7H. The summed E-state index contributed by atoms with van der Waals surface area (Å²) in [4.78, 5) is 14.0. The van der Waals surface area contributed by atoms with E-state index in [0.717, 1.165) is 29.9 Å². The molecule has 2 rings (SSSR count). The molecule has 0 radical (unpaired) electrons. The van der Waals surface area contributed by atoms with E-state index in [1.165, 1.54) is 0 Å². The van der Waals surface area contributed by atoms with Gasteiger partial charge in [0, 0.05) is 5.69 Å². The zero-order valence-corrected chi connectivity index (χ0v) is 15.0. The number of rotatable bonds is 5. The number of amides is 1. The third-order valence-corrected chi connectivity index (χ3v) is 3.76. The number of benzene rings is 2. The minimum atomic E-state index is 0.0612. The summed E-state index contributed by atoms with van der Waals surface area (Å²) < 4.78 is 0. The van der Waals surface area contributed by atoms with Crippen molar-refractivity contribution in [2.75, 3.05) is 25.0 Å². The maximum Gasteiger partial charge on any atom is 0.238 e. The number of likely N-dealkylation sites (N-methyl/N-ethyl adjacent to an activating group) is 1. The number of para-hydroxylation sites is 2. The Morgan fingerprint density at radius 3 is 1.92 bits per heavy atom. The van der Waals surface area contributed by atoms with E-state index in [2.05, 4.69) is 24.1 Å². The summed E-state index contributed by atoms with van der Waals surface area (Å²) in [6.07, 6.45) is 0. The summed E-state index contributed by atoms with van der Waals surface area (Å²) in [7, 11) is 0. The molecule has 0 atom stereocenters. The second kappa shape index (κ2) is 10.4. The van der Waals surface area contributed by atoms with Crippen LogP contribution in [-0.4, -0.2) is 35.5 Å². The molecule has 24 heavy (non-hydrogen) atoms. The van der Waals surface area contributed by atoms with Gasteiger partial charge in [-0.2, -0.15) is 0 Å². The normalized spacial score (nSPS) is 10.0. The molecule has 0 bridgehead atoms. The molecule has 0 aliphatic heterocycles. The van der Waals surface area contributed by atoms with Crippen LogP contribution in [0, 0.1) is 13.8 Å². The van der Waals surface area contributed by atoms with Crippen molar-refractivity contribution in [3.8, 4) is 5.75 Å². The first-order valence-electron chi connectivity index (χ1n) is 8.30. The van der Waals surface area contributed by atoms with E-state index < -0.39 is 0 Å². The highest BCUT2D eigenvalue weighted by Crippen LogP contribution is 2.19. The molecule has 0 heterocycles. The van der Waals surface area contributed by atoms with Crippen LogP contribution in [0.2, 0.25) is 0 Å². The topological polar surface area (TPSA) is 52.6 Å². The number of carbonyl (C=O) groups is 1. The number of carbonyl (C=O) groups excluding carboxylic acids is 1. The Labute approximate surface area is 145 Å². The van der Waals surface area contributed by atoms with Crippen LogP contribution in [0.4, 0.5) is 5.69 Å². The lowest BCUT2D eigenvalue weighted by molar-refractivity contribution is -0.117. The van der Waals surface area contributed by atoms with Gasteiger partial charge in [0.2, 0.25) is 5.91 Å². The number of phenols is 1. The number of nitrogens with one attached hydrogen (secondary N) is 1. The Morgan fingerprint density at radius 1 is 0.958 bits per heavy atom. The zero-order chi connectivity index (χ0) is 17.9. The maximum absolute atomic E-state index is 11.9. The van der Waals surface area contributed by atoms with Gasteiger partial charge in [-0.05, 0) is 50.2 Å². The Morgan fingerprint density at radius 2 is 1.50 bits per heavy atom. The summed E-state index contributed by atoms with van der Waals surface area (Å²) in [5.74, 6) is 0.383. The van der Waals surface area contributed by atoms with Gasteiger partial charge in [0.25, 0.3) is 0 Å². The number of hydrogen-bond donors (Lipinski definition) is 2. The smallest absolute Gasteiger partial charge is 0.238 e. The lowest BCUT2D eigenvalue weighted by atomic mass is 10.1. The average molecular weight is 328 g/mol. The van der Waals surface area contributed by atoms with Crippen molar-refractivity contribution in [3.63, 3.8) is 0 Å². The Kier molecular flexibility index (Phi) is 8.58. The highest BCUT2D eigenvalue weighted by molar-refractivity contribution is 5.93. The molecule has 0 spiro atoms. The third-order valence-electron chi connectivity index (χ3n) is 3.76. The van der Waals surface area contributed by atoms with Crippen molar-refractivity contribution in [1.29, 1.82) is 0 Å². The number of phenolic OH excluding ortho intramolecular Hbond substituents is 1. The van der Waals surface area contributed by atoms with Crippen LogP contribution in [0.5, 0.6) is 5.75 Å². The first-order valence-corrected chi connectivity index (χ1v) is 8.30. The summed E-state index contributed by atoms with van der Waals surface area (Å²) >= 11 is 0. The van der Waals surface area contributed by atoms with E-state index in [4.69, 9.17) is 5.11 Å². The Hall–Kier alpha value is -2.33. The highest BCUT2D eigenvalue weighted by atomic mass is 16.3. The van der Waals surface area contributed by atoms with Crippen molar-refractivity contribution in [3.05, 3.63) is 59.7 Å². The molecule has 4 nitrogen and oxygen atoms in total. The molecule has 0 saturated carbocycles. The average Bonchev–Trinajstić information content (AvgIpc) is 2.57. The molecule has 2 aromatic rings. The quantitative estimate of drug-likeness (QED) is 0.873. The second-order valence-electron chi connectivity index (χ2n) is 5.61. The van der Waals surface area contributed by atoms with Gasteiger partial charge >= 0.3 is 0 Å². The van der Waals surface area contributed by atoms with Crippen LogP contribution in [-0.2, 0) is 4.79 Å². The Bertz CT molecular complexity index is 603. The molecule has 0 aliphatic rings. The molecular weight excluding hydrogens is 300 g/mol. The molecule has 1 amide bonds. The molecular formula is C20H28N2O2. The number of hydrogen-bond acceptors (Lipinski definition) is 3. The molecule has 0 aliphatic carbocycles. The zero-order valence-electron chi connectivity index (χ0n) is 15.0. The highest BCUT2D eigenvalue weighted by Gasteiger charge is 2.09. The molecule has 2 N–H and O–H groups in total. The van der Waals surface area contributed by atoms with Gasteiger partial charge in [0.1, 0.15) is 5.75 Å². The van der Waals surface area contributed by atoms with Crippen molar-refractivity contribution in [1.82, 2.24) is 4.90 Å². The minimum absolute atomic E-state index is 0.0612. The molecule has 2 aromatic carbocycles. The van der Waals surface area contributed by atoms with E-state index in [9.17, 15) is 4.79 Å². The molecule has 0 unspecified atom stereocenters. The predicted molar refractivity (Wildman–Crippen MR) is 100 cm³/mol. The fraction of sp³-hybridized carbons (Fsp3) is 0.350. The van der Waals surface area contributed by atoms with Gasteiger partial charge in [0.05, 0.1) is 6.54 Å². The summed E-state index contributed by atoms with van der Waals surface area (Å²) in [5, 5.41) is 11.6. The maximum atomic E-state index is 11.9. The Balaban J connectivity index is 0.000000341. The van der Waals surface area contributed by atoms with E-state index in [1.54, 1.807) is 24.3 Å². The van der Waals surface area contributed by atoms with Crippen LogP contribution in [0.3, 0.4) is 0 Å². The summed E-state index contributed by atoms with van der Waals surface area (Å²) in [6.45, 7) is 10.4. The number of anilines is 1. The largest absolute Gasteiger partial charge is 0.508 e. The van der Waals surface area contributed by atoms with Crippen molar-refractivity contribution >= 4 is 11.6 Å².